The van der Waals surface area contributed by atoms with Gasteiger partial charge in [0.15, 0.2) is 23.3 Å². The second kappa shape index (κ2) is 5.94. The molecule has 1 heterocycles. The molecule has 0 saturated carbocycles. The maximum Gasteiger partial charge on any atom is 0.185 e. The summed E-state index contributed by atoms with van der Waals surface area (Å²) in [6, 6.07) is 0.146. The van der Waals surface area contributed by atoms with E-state index in [1.165, 1.54) is 6.33 Å². The molecular weight excluding hydrogens is 288 g/mol. The van der Waals surface area contributed by atoms with Crippen molar-refractivity contribution in [3.05, 3.63) is 41.2 Å². The summed E-state index contributed by atoms with van der Waals surface area (Å²) in [7, 11) is 0. The second-order valence-corrected chi connectivity index (χ2v) is 4.19. The van der Waals surface area contributed by atoms with Gasteiger partial charge in [-0.25, -0.2) is 27.5 Å². The average Bonchev–Trinajstić information content (AvgIpc) is 2.45. The van der Waals surface area contributed by atoms with Crippen molar-refractivity contribution in [3.63, 3.8) is 0 Å². The number of hydrogen-bond donors (Lipinski definition) is 2. The summed E-state index contributed by atoms with van der Waals surface area (Å²) in [4.78, 5) is 7.77. The molecule has 8 heteroatoms. The maximum atomic E-state index is 13.6. The molecule has 2 aromatic rings. The van der Waals surface area contributed by atoms with Crippen molar-refractivity contribution in [3.8, 4) is 0 Å². The molecule has 0 amide bonds. The van der Waals surface area contributed by atoms with Gasteiger partial charge >= 0.3 is 0 Å². The third kappa shape index (κ3) is 2.88. The molecule has 0 atom stereocenters. The first-order valence-corrected chi connectivity index (χ1v) is 6.11. The highest BCUT2D eigenvalue weighted by Crippen LogP contribution is 2.29. The van der Waals surface area contributed by atoms with Gasteiger partial charge in [0.05, 0.1) is 0 Å². The van der Waals surface area contributed by atoms with Crippen molar-refractivity contribution in [1.82, 2.24) is 9.97 Å². The molecule has 0 unspecified atom stereocenters. The fraction of sp³-hybridized carbons (Fsp3) is 0.231. The minimum atomic E-state index is -1.52. The molecule has 21 heavy (non-hydrogen) atoms. The van der Waals surface area contributed by atoms with E-state index >= 15 is 0 Å². The van der Waals surface area contributed by atoms with E-state index in [0.717, 1.165) is 0 Å². The first-order chi connectivity index (χ1) is 9.95. The molecule has 0 spiro atoms. The van der Waals surface area contributed by atoms with Gasteiger partial charge in [-0.2, -0.15) is 0 Å². The first kappa shape index (κ1) is 15.0. The van der Waals surface area contributed by atoms with Crippen molar-refractivity contribution in [1.29, 1.82) is 0 Å². The minimum absolute atomic E-state index is 0.0451. The Hall–Kier alpha value is -2.38. The quantitative estimate of drug-likeness (QED) is 0.670. The van der Waals surface area contributed by atoms with Crippen LogP contribution in [0.5, 0.6) is 0 Å². The lowest BCUT2D eigenvalue weighted by molar-refractivity contribution is 0.459. The Balaban J connectivity index is 2.46. The smallest absolute Gasteiger partial charge is 0.185 e. The molecule has 0 aliphatic rings. The van der Waals surface area contributed by atoms with Crippen LogP contribution >= 0.6 is 0 Å². The van der Waals surface area contributed by atoms with Gasteiger partial charge in [-0.3, -0.25) is 0 Å². The molecule has 0 saturated heterocycles. The Kier molecular flexibility index (Phi) is 4.25. The van der Waals surface area contributed by atoms with Gasteiger partial charge in [-0.05, 0) is 13.8 Å². The van der Waals surface area contributed by atoms with E-state index in [1.807, 2.05) is 6.92 Å². The SMILES string of the molecule is CCNc1ncnc(Nc2c(F)c(F)cc(F)c2F)c1C. The molecule has 1 aromatic heterocycles. The summed E-state index contributed by atoms with van der Waals surface area (Å²) in [5.41, 5.74) is -0.473. The second-order valence-electron chi connectivity index (χ2n) is 4.19. The highest BCUT2D eigenvalue weighted by atomic mass is 19.2. The highest BCUT2D eigenvalue weighted by molar-refractivity contribution is 5.65. The fourth-order valence-electron chi connectivity index (χ4n) is 1.72. The molecular formula is C13H12F4N4. The Morgan fingerprint density at radius 3 is 2.14 bits per heavy atom. The zero-order chi connectivity index (χ0) is 15.6. The number of nitrogens with one attached hydrogen (secondary N) is 2. The van der Waals surface area contributed by atoms with E-state index in [2.05, 4.69) is 20.6 Å². The monoisotopic (exact) mass is 300 g/mol. The molecule has 2 rings (SSSR count). The van der Waals surface area contributed by atoms with Crippen molar-refractivity contribution in [2.45, 2.75) is 13.8 Å². The summed E-state index contributed by atoms with van der Waals surface area (Å²) in [6.45, 7) is 4.02. The van der Waals surface area contributed by atoms with Crippen LogP contribution in [0.2, 0.25) is 0 Å². The van der Waals surface area contributed by atoms with Gasteiger partial charge in [-0.15, -0.1) is 0 Å². The lowest BCUT2D eigenvalue weighted by Gasteiger charge is -2.13. The van der Waals surface area contributed by atoms with Gasteiger partial charge < -0.3 is 10.6 Å². The predicted octanol–water partition coefficient (Wildman–Crippen LogP) is 3.52. The summed E-state index contributed by atoms with van der Waals surface area (Å²) in [5, 5.41) is 5.20. The van der Waals surface area contributed by atoms with Crippen LogP contribution in [-0.2, 0) is 0 Å². The fourth-order valence-corrected chi connectivity index (χ4v) is 1.72. The molecule has 1 aromatic carbocycles. The summed E-state index contributed by atoms with van der Waals surface area (Å²) in [5.74, 6) is -5.52. The molecule has 0 fully saturated rings. The lowest BCUT2D eigenvalue weighted by Crippen LogP contribution is -2.08. The van der Waals surface area contributed by atoms with E-state index in [9.17, 15) is 17.6 Å². The topological polar surface area (TPSA) is 49.8 Å². The standard InChI is InChI=1S/C13H12F4N4/c1-3-18-12-6(2)13(20-5-19-12)21-11-9(16)7(14)4-8(15)10(11)17/h4-5H,3H2,1-2H3,(H2,18,19,20,21). The summed E-state index contributed by atoms with van der Waals surface area (Å²) < 4.78 is 53.5. The molecule has 4 nitrogen and oxygen atoms in total. The van der Waals surface area contributed by atoms with E-state index in [-0.39, 0.29) is 11.9 Å². The number of anilines is 3. The highest BCUT2D eigenvalue weighted by Gasteiger charge is 2.20. The molecule has 0 aliphatic heterocycles. The molecule has 2 N–H and O–H groups in total. The van der Waals surface area contributed by atoms with Crippen LogP contribution in [0, 0.1) is 30.2 Å². The number of rotatable bonds is 4. The Bertz CT molecular complexity index is 649. The number of hydrogen-bond acceptors (Lipinski definition) is 4. The normalized spacial score (nSPS) is 10.6. The van der Waals surface area contributed by atoms with Crippen molar-refractivity contribution >= 4 is 17.3 Å². The van der Waals surface area contributed by atoms with Crippen LogP contribution in [0.1, 0.15) is 12.5 Å². The third-order valence-electron chi connectivity index (χ3n) is 2.78. The van der Waals surface area contributed by atoms with Crippen LogP contribution in [0.3, 0.4) is 0 Å². The lowest BCUT2D eigenvalue weighted by atomic mass is 10.2. The Labute approximate surface area is 118 Å². The van der Waals surface area contributed by atoms with Gasteiger partial charge in [0.1, 0.15) is 23.7 Å². The average molecular weight is 300 g/mol. The van der Waals surface area contributed by atoms with Crippen LogP contribution in [0.4, 0.5) is 34.9 Å². The number of benzene rings is 1. The van der Waals surface area contributed by atoms with E-state index < -0.39 is 29.0 Å². The Morgan fingerprint density at radius 2 is 1.57 bits per heavy atom. The Morgan fingerprint density at radius 1 is 1.00 bits per heavy atom. The third-order valence-corrected chi connectivity index (χ3v) is 2.78. The molecule has 0 bridgehead atoms. The van der Waals surface area contributed by atoms with E-state index in [0.29, 0.717) is 17.9 Å². The number of nitrogens with zero attached hydrogens (tertiary/aromatic N) is 2. The first-order valence-electron chi connectivity index (χ1n) is 6.11. The zero-order valence-electron chi connectivity index (χ0n) is 11.3. The molecule has 0 aliphatic carbocycles. The minimum Gasteiger partial charge on any atom is -0.370 e. The van der Waals surface area contributed by atoms with E-state index in [1.54, 1.807) is 6.92 Å². The maximum absolute atomic E-state index is 13.6. The number of halogens is 4. The predicted molar refractivity (Wildman–Crippen MR) is 70.5 cm³/mol. The van der Waals surface area contributed by atoms with Gasteiger partial charge in [0, 0.05) is 18.2 Å². The molecule has 112 valence electrons. The van der Waals surface area contributed by atoms with Gasteiger partial charge in [0.25, 0.3) is 0 Å². The van der Waals surface area contributed by atoms with Crippen molar-refractivity contribution in [2.24, 2.45) is 0 Å². The van der Waals surface area contributed by atoms with E-state index in [4.69, 9.17) is 0 Å². The summed E-state index contributed by atoms with van der Waals surface area (Å²) >= 11 is 0. The van der Waals surface area contributed by atoms with Gasteiger partial charge in [0.2, 0.25) is 0 Å². The largest absolute Gasteiger partial charge is 0.370 e. The van der Waals surface area contributed by atoms with Crippen molar-refractivity contribution < 1.29 is 17.6 Å². The summed E-state index contributed by atoms with van der Waals surface area (Å²) in [6.07, 6.45) is 1.17. The van der Waals surface area contributed by atoms with Crippen LogP contribution in [-0.4, -0.2) is 16.5 Å². The van der Waals surface area contributed by atoms with Crippen molar-refractivity contribution in [2.75, 3.05) is 17.2 Å². The van der Waals surface area contributed by atoms with Crippen LogP contribution in [0.15, 0.2) is 12.4 Å². The van der Waals surface area contributed by atoms with Crippen LogP contribution < -0.4 is 10.6 Å². The molecule has 0 radical (unpaired) electrons. The van der Waals surface area contributed by atoms with Crippen LogP contribution in [0.25, 0.3) is 0 Å². The number of aromatic nitrogens is 2. The van der Waals surface area contributed by atoms with Gasteiger partial charge in [-0.1, -0.05) is 0 Å². The zero-order valence-corrected chi connectivity index (χ0v) is 11.3.